The molecule has 0 spiro atoms. The van der Waals surface area contributed by atoms with Crippen LogP contribution in [-0.4, -0.2) is 4.98 Å². The van der Waals surface area contributed by atoms with Crippen LogP contribution < -0.4 is 0 Å². The van der Waals surface area contributed by atoms with Crippen LogP contribution in [0.1, 0.15) is 24.5 Å². The van der Waals surface area contributed by atoms with Gasteiger partial charge in [0.2, 0.25) is 0 Å². The fraction of sp³-hybridized carbons (Fsp3) is 0.250. The highest BCUT2D eigenvalue weighted by Gasteiger charge is 2.26. The average molecular weight is 248 g/mol. The van der Waals surface area contributed by atoms with E-state index in [2.05, 4.69) is 51.2 Å². The molecule has 1 heterocycles. The molecule has 1 aromatic carbocycles. The topological polar surface area (TPSA) is 12.9 Å². The van der Waals surface area contributed by atoms with Gasteiger partial charge in [-0.25, -0.2) is 4.98 Å². The second-order valence-electron chi connectivity index (χ2n) is 3.83. The van der Waals surface area contributed by atoms with E-state index >= 15 is 0 Å². The predicted molar refractivity (Wildman–Crippen MR) is 61.4 cm³/mol. The fourth-order valence-electron chi connectivity index (χ4n) is 1.86. The van der Waals surface area contributed by atoms with Crippen LogP contribution in [0.25, 0.3) is 10.8 Å². The third-order valence-electron chi connectivity index (χ3n) is 2.70. The van der Waals surface area contributed by atoms with Crippen LogP contribution in [0.15, 0.2) is 34.9 Å². The summed E-state index contributed by atoms with van der Waals surface area (Å²) >= 11 is 3.47. The Bertz CT molecular complexity index is 489. The number of pyridine rings is 1. The van der Waals surface area contributed by atoms with Gasteiger partial charge >= 0.3 is 0 Å². The van der Waals surface area contributed by atoms with Gasteiger partial charge in [0.15, 0.2) is 0 Å². The van der Waals surface area contributed by atoms with Crippen molar-refractivity contribution in [3.63, 3.8) is 0 Å². The lowest BCUT2D eigenvalue weighted by Gasteiger charge is -2.04. The minimum Gasteiger partial charge on any atom is -0.245 e. The third-order valence-corrected chi connectivity index (χ3v) is 3.11. The van der Waals surface area contributed by atoms with Crippen molar-refractivity contribution >= 4 is 26.7 Å². The monoisotopic (exact) mass is 247 g/mol. The number of aromatic nitrogens is 1. The van der Waals surface area contributed by atoms with Crippen molar-refractivity contribution in [1.29, 1.82) is 0 Å². The van der Waals surface area contributed by atoms with Crippen LogP contribution in [0.4, 0.5) is 0 Å². The second kappa shape index (κ2) is 3.06. The van der Waals surface area contributed by atoms with E-state index in [0.29, 0.717) is 5.92 Å². The summed E-state index contributed by atoms with van der Waals surface area (Å²) in [5.41, 5.74) is 1.27. The van der Waals surface area contributed by atoms with Crippen LogP contribution in [0, 0.1) is 0 Å². The first-order chi connectivity index (χ1) is 6.84. The average Bonchev–Trinajstić information content (AvgIpc) is 2.99. The van der Waals surface area contributed by atoms with E-state index in [-0.39, 0.29) is 0 Å². The molecule has 70 valence electrons. The summed E-state index contributed by atoms with van der Waals surface area (Å²) in [6.07, 6.45) is 2.60. The molecule has 3 rings (SSSR count). The molecule has 2 aromatic rings. The Hall–Kier alpha value is -0.890. The standard InChI is InChI=1S/C12H10BrN/c13-11-7-9-3-1-2-4-10(9)12(14-11)8-5-6-8/h1-4,7-8H,5-6H2. The molecule has 0 saturated heterocycles. The molecular weight excluding hydrogens is 238 g/mol. The molecule has 1 aromatic heterocycles. The Morgan fingerprint density at radius 2 is 2.00 bits per heavy atom. The van der Waals surface area contributed by atoms with E-state index in [4.69, 9.17) is 0 Å². The van der Waals surface area contributed by atoms with E-state index in [1.807, 2.05) is 0 Å². The molecule has 1 aliphatic rings. The van der Waals surface area contributed by atoms with Gasteiger partial charge in [0.1, 0.15) is 4.60 Å². The molecule has 2 heteroatoms. The predicted octanol–water partition coefficient (Wildman–Crippen LogP) is 3.87. The molecule has 0 unspecified atom stereocenters. The Labute approximate surface area is 91.3 Å². The first-order valence-electron chi connectivity index (χ1n) is 4.90. The number of rotatable bonds is 1. The molecule has 0 bridgehead atoms. The summed E-state index contributed by atoms with van der Waals surface area (Å²) in [6.45, 7) is 0. The number of halogens is 1. The maximum Gasteiger partial charge on any atom is 0.107 e. The van der Waals surface area contributed by atoms with Gasteiger partial charge in [-0.05, 0) is 40.2 Å². The first-order valence-corrected chi connectivity index (χ1v) is 5.69. The summed E-state index contributed by atoms with van der Waals surface area (Å²) in [5, 5.41) is 2.61. The minimum atomic E-state index is 0.706. The highest BCUT2D eigenvalue weighted by Crippen LogP contribution is 2.42. The molecule has 14 heavy (non-hydrogen) atoms. The lowest BCUT2D eigenvalue weighted by atomic mass is 10.1. The molecular formula is C12H10BrN. The maximum atomic E-state index is 4.58. The van der Waals surface area contributed by atoms with Crippen molar-refractivity contribution in [2.24, 2.45) is 0 Å². The number of fused-ring (bicyclic) bond motifs is 1. The molecule has 0 radical (unpaired) electrons. The number of benzene rings is 1. The zero-order valence-corrected chi connectivity index (χ0v) is 9.29. The van der Waals surface area contributed by atoms with Gasteiger partial charge in [-0.1, -0.05) is 24.3 Å². The van der Waals surface area contributed by atoms with Crippen LogP contribution in [0.5, 0.6) is 0 Å². The molecule has 1 aliphatic carbocycles. The number of hydrogen-bond donors (Lipinski definition) is 0. The van der Waals surface area contributed by atoms with E-state index in [1.54, 1.807) is 0 Å². The van der Waals surface area contributed by atoms with E-state index in [1.165, 1.54) is 29.3 Å². The van der Waals surface area contributed by atoms with E-state index in [0.717, 1.165) is 4.60 Å². The van der Waals surface area contributed by atoms with Gasteiger partial charge in [0.25, 0.3) is 0 Å². The molecule has 0 aliphatic heterocycles. The van der Waals surface area contributed by atoms with Gasteiger partial charge in [-0.15, -0.1) is 0 Å². The Kier molecular flexibility index (Phi) is 1.84. The number of hydrogen-bond acceptors (Lipinski definition) is 1. The van der Waals surface area contributed by atoms with Crippen molar-refractivity contribution in [3.05, 3.63) is 40.6 Å². The summed E-state index contributed by atoms with van der Waals surface area (Å²) < 4.78 is 0.957. The van der Waals surface area contributed by atoms with Gasteiger partial charge in [-0.3, -0.25) is 0 Å². The lowest BCUT2D eigenvalue weighted by molar-refractivity contribution is 1.03. The summed E-state index contributed by atoms with van der Waals surface area (Å²) in [6, 6.07) is 10.6. The van der Waals surface area contributed by atoms with Crippen molar-refractivity contribution in [2.45, 2.75) is 18.8 Å². The van der Waals surface area contributed by atoms with E-state index < -0.39 is 0 Å². The Morgan fingerprint density at radius 1 is 1.21 bits per heavy atom. The van der Waals surface area contributed by atoms with Crippen LogP contribution in [0.2, 0.25) is 0 Å². The first kappa shape index (κ1) is 8.42. The number of nitrogens with zero attached hydrogens (tertiary/aromatic N) is 1. The van der Waals surface area contributed by atoms with Crippen LogP contribution >= 0.6 is 15.9 Å². The highest BCUT2D eigenvalue weighted by atomic mass is 79.9. The summed E-state index contributed by atoms with van der Waals surface area (Å²) in [5.74, 6) is 0.706. The van der Waals surface area contributed by atoms with Gasteiger partial charge < -0.3 is 0 Å². The molecule has 0 N–H and O–H groups in total. The normalized spacial score (nSPS) is 16.1. The largest absolute Gasteiger partial charge is 0.245 e. The molecule has 1 fully saturated rings. The van der Waals surface area contributed by atoms with Gasteiger partial charge in [0, 0.05) is 11.3 Å². The van der Waals surface area contributed by atoms with Crippen LogP contribution in [0.3, 0.4) is 0 Å². The van der Waals surface area contributed by atoms with Crippen molar-refractivity contribution < 1.29 is 0 Å². The van der Waals surface area contributed by atoms with E-state index in [9.17, 15) is 0 Å². The maximum absolute atomic E-state index is 4.58. The summed E-state index contributed by atoms with van der Waals surface area (Å²) in [4.78, 5) is 4.58. The van der Waals surface area contributed by atoms with Crippen LogP contribution in [-0.2, 0) is 0 Å². The fourth-order valence-corrected chi connectivity index (χ4v) is 2.30. The Morgan fingerprint density at radius 3 is 2.79 bits per heavy atom. The zero-order chi connectivity index (χ0) is 9.54. The molecule has 1 saturated carbocycles. The SMILES string of the molecule is Brc1cc2ccccc2c(C2CC2)n1. The van der Waals surface area contributed by atoms with Gasteiger partial charge in [0.05, 0.1) is 5.69 Å². The zero-order valence-electron chi connectivity index (χ0n) is 7.70. The quantitative estimate of drug-likeness (QED) is 0.698. The summed E-state index contributed by atoms with van der Waals surface area (Å²) in [7, 11) is 0. The smallest absolute Gasteiger partial charge is 0.107 e. The van der Waals surface area contributed by atoms with Gasteiger partial charge in [-0.2, -0.15) is 0 Å². The third kappa shape index (κ3) is 1.34. The van der Waals surface area contributed by atoms with Crippen molar-refractivity contribution in [1.82, 2.24) is 4.98 Å². The molecule has 0 atom stereocenters. The highest BCUT2D eigenvalue weighted by molar-refractivity contribution is 9.10. The molecule has 1 nitrogen and oxygen atoms in total. The Balaban J connectivity index is 2.34. The molecule has 0 amide bonds. The lowest BCUT2D eigenvalue weighted by Crippen LogP contribution is -1.89. The van der Waals surface area contributed by atoms with Crippen molar-refractivity contribution in [2.75, 3.05) is 0 Å². The van der Waals surface area contributed by atoms with Crippen molar-refractivity contribution in [3.8, 4) is 0 Å². The minimum absolute atomic E-state index is 0.706. The second-order valence-corrected chi connectivity index (χ2v) is 4.64.